The Balaban J connectivity index is 2.25. The summed E-state index contributed by atoms with van der Waals surface area (Å²) in [6.45, 7) is 0.337. The molecule has 0 unspecified atom stereocenters. The van der Waals surface area contributed by atoms with Crippen LogP contribution < -0.4 is 10.1 Å². The molecule has 1 saturated heterocycles. The molecule has 0 spiro atoms. The van der Waals surface area contributed by atoms with Crippen LogP contribution in [0.5, 0.6) is 5.75 Å². The van der Waals surface area contributed by atoms with Gasteiger partial charge in [-0.25, -0.2) is 4.79 Å². The van der Waals surface area contributed by atoms with Gasteiger partial charge in [-0.2, -0.15) is 0 Å². The van der Waals surface area contributed by atoms with Crippen LogP contribution in [0.25, 0.3) is 0 Å². The third-order valence-corrected chi connectivity index (χ3v) is 2.56. The fraction of sp³-hybridized carbons (Fsp3) is 0.300. The third-order valence-electron chi connectivity index (χ3n) is 2.25. The summed E-state index contributed by atoms with van der Waals surface area (Å²) in [5, 5.41) is 3.23. The number of amides is 1. The summed E-state index contributed by atoms with van der Waals surface area (Å²) in [4.78, 5) is 10.9. The minimum atomic E-state index is -0.395. The van der Waals surface area contributed by atoms with E-state index in [1.165, 1.54) is 0 Å². The number of carbonyl (C=O) groups excluding carboxylic acids is 1. The Morgan fingerprint density at radius 1 is 1.60 bits per heavy atom. The molecule has 5 heteroatoms. The predicted molar refractivity (Wildman–Crippen MR) is 55.2 cm³/mol. The molecule has 4 nitrogen and oxygen atoms in total. The van der Waals surface area contributed by atoms with Gasteiger partial charge in [0.15, 0.2) is 0 Å². The Morgan fingerprint density at radius 3 is 3.00 bits per heavy atom. The van der Waals surface area contributed by atoms with Crippen molar-refractivity contribution in [3.63, 3.8) is 0 Å². The van der Waals surface area contributed by atoms with Crippen molar-refractivity contribution in [1.82, 2.24) is 5.32 Å². The second kappa shape index (κ2) is 3.98. The minimum Gasteiger partial charge on any atom is -0.495 e. The van der Waals surface area contributed by atoms with Gasteiger partial charge >= 0.3 is 6.09 Å². The van der Waals surface area contributed by atoms with E-state index >= 15 is 0 Å². The van der Waals surface area contributed by atoms with Crippen molar-refractivity contribution in [2.75, 3.05) is 13.7 Å². The van der Waals surface area contributed by atoms with Gasteiger partial charge in [0.05, 0.1) is 18.2 Å². The van der Waals surface area contributed by atoms with E-state index in [2.05, 4.69) is 5.32 Å². The lowest BCUT2D eigenvalue weighted by Gasteiger charge is -2.10. The van der Waals surface area contributed by atoms with E-state index in [1.54, 1.807) is 19.2 Å². The Labute approximate surface area is 92.1 Å². The van der Waals surface area contributed by atoms with E-state index in [0.29, 0.717) is 17.4 Å². The van der Waals surface area contributed by atoms with E-state index in [1.807, 2.05) is 6.07 Å². The molecule has 1 fully saturated rings. The van der Waals surface area contributed by atoms with Crippen molar-refractivity contribution in [2.24, 2.45) is 0 Å². The largest absolute Gasteiger partial charge is 0.495 e. The van der Waals surface area contributed by atoms with Gasteiger partial charge in [0.2, 0.25) is 0 Å². The fourth-order valence-electron chi connectivity index (χ4n) is 1.46. The van der Waals surface area contributed by atoms with Crippen molar-refractivity contribution in [3.05, 3.63) is 28.8 Å². The van der Waals surface area contributed by atoms with E-state index in [4.69, 9.17) is 21.1 Å². The van der Waals surface area contributed by atoms with Gasteiger partial charge < -0.3 is 14.8 Å². The van der Waals surface area contributed by atoms with Crippen LogP contribution in [0.15, 0.2) is 18.2 Å². The summed E-state index contributed by atoms with van der Waals surface area (Å²) in [5.41, 5.74) is 0.919. The summed E-state index contributed by atoms with van der Waals surface area (Å²) in [7, 11) is 1.55. The third kappa shape index (κ3) is 1.99. The molecule has 0 radical (unpaired) electrons. The average molecular weight is 228 g/mol. The zero-order valence-electron chi connectivity index (χ0n) is 8.12. The maximum atomic E-state index is 10.9. The SMILES string of the molecule is COc1cc([C@H]2COC(=O)N2)ccc1Cl. The number of cyclic esters (lactones) is 1. The second-order valence-electron chi connectivity index (χ2n) is 3.19. The molecule has 1 aliphatic heterocycles. The Morgan fingerprint density at radius 2 is 2.40 bits per heavy atom. The smallest absolute Gasteiger partial charge is 0.407 e. The molecule has 15 heavy (non-hydrogen) atoms. The number of halogens is 1. The lowest BCUT2D eigenvalue weighted by atomic mass is 10.1. The lowest BCUT2D eigenvalue weighted by Crippen LogP contribution is -2.18. The average Bonchev–Trinajstić information content (AvgIpc) is 2.66. The number of hydrogen-bond acceptors (Lipinski definition) is 3. The van der Waals surface area contributed by atoms with Crippen LogP contribution in [-0.2, 0) is 4.74 Å². The van der Waals surface area contributed by atoms with E-state index < -0.39 is 6.09 Å². The molecule has 0 aromatic heterocycles. The number of rotatable bonds is 2. The number of methoxy groups -OCH3 is 1. The monoisotopic (exact) mass is 227 g/mol. The van der Waals surface area contributed by atoms with Gasteiger partial charge in [0.25, 0.3) is 0 Å². The molecule has 1 heterocycles. The number of alkyl carbamates (subject to hydrolysis) is 1. The number of ether oxygens (including phenoxy) is 2. The van der Waals surface area contributed by atoms with Gasteiger partial charge in [0.1, 0.15) is 12.4 Å². The molecule has 2 rings (SSSR count). The highest BCUT2D eigenvalue weighted by Gasteiger charge is 2.24. The van der Waals surface area contributed by atoms with Crippen molar-refractivity contribution in [1.29, 1.82) is 0 Å². The Kier molecular flexibility index (Phi) is 2.68. The van der Waals surface area contributed by atoms with Crippen LogP contribution >= 0.6 is 11.6 Å². The first kappa shape index (κ1) is 10.1. The molecule has 0 saturated carbocycles. The molecule has 1 atom stereocenters. The molecule has 1 amide bonds. The predicted octanol–water partition coefficient (Wildman–Crippen LogP) is 2.13. The molecular formula is C10H10ClNO3. The number of hydrogen-bond donors (Lipinski definition) is 1. The van der Waals surface area contributed by atoms with Crippen molar-refractivity contribution in [3.8, 4) is 5.75 Å². The number of benzene rings is 1. The maximum Gasteiger partial charge on any atom is 0.407 e. The van der Waals surface area contributed by atoms with Gasteiger partial charge in [-0.1, -0.05) is 17.7 Å². The summed E-state index contributed by atoms with van der Waals surface area (Å²) in [6, 6.07) is 5.25. The molecule has 80 valence electrons. The Bertz CT molecular complexity index is 394. The summed E-state index contributed by atoms with van der Waals surface area (Å²) in [6.07, 6.45) is -0.395. The zero-order chi connectivity index (χ0) is 10.8. The van der Waals surface area contributed by atoms with Crippen LogP contribution in [0.1, 0.15) is 11.6 Å². The first-order chi connectivity index (χ1) is 7.20. The Hall–Kier alpha value is -1.42. The van der Waals surface area contributed by atoms with Crippen LogP contribution in [0, 0.1) is 0 Å². The molecular weight excluding hydrogens is 218 g/mol. The molecule has 0 bridgehead atoms. The lowest BCUT2D eigenvalue weighted by molar-refractivity contribution is 0.177. The number of carbonyl (C=O) groups is 1. The van der Waals surface area contributed by atoms with Crippen molar-refractivity contribution >= 4 is 17.7 Å². The van der Waals surface area contributed by atoms with Gasteiger partial charge in [0, 0.05) is 0 Å². The van der Waals surface area contributed by atoms with E-state index in [9.17, 15) is 4.79 Å². The quantitative estimate of drug-likeness (QED) is 0.842. The molecule has 1 aromatic rings. The second-order valence-corrected chi connectivity index (χ2v) is 3.60. The number of nitrogens with one attached hydrogen (secondary N) is 1. The van der Waals surface area contributed by atoms with Crippen LogP contribution in [0.4, 0.5) is 4.79 Å². The van der Waals surface area contributed by atoms with Crippen LogP contribution in [0.3, 0.4) is 0 Å². The molecule has 1 aromatic carbocycles. The summed E-state index contributed by atoms with van der Waals surface area (Å²) >= 11 is 5.89. The standard InChI is InChI=1S/C10H10ClNO3/c1-14-9-4-6(2-3-7(9)11)8-5-15-10(13)12-8/h2-4,8H,5H2,1H3,(H,12,13)/t8-/m1/s1. The van der Waals surface area contributed by atoms with Crippen LogP contribution in [0.2, 0.25) is 5.02 Å². The molecule has 1 aliphatic rings. The van der Waals surface area contributed by atoms with Crippen LogP contribution in [-0.4, -0.2) is 19.8 Å². The first-order valence-electron chi connectivity index (χ1n) is 4.47. The van der Waals surface area contributed by atoms with Gasteiger partial charge in [-0.05, 0) is 17.7 Å². The van der Waals surface area contributed by atoms with Gasteiger partial charge in [-0.3, -0.25) is 0 Å². The van der Waals surface area contributed by atoms with E-state index in [-0.39, 0.29) is 6.04 Å². The summed E-state index contributed by atoms with van der Waals surface area (Å²) < 4.78 is 9.89. The molecule has 1 N–H and O–H groups in total. The normalized spacial score (nSPS) is 19.6. The van der Waals surface area contributed by atoms with Crippen molar-refractivity contribution < 1.29 is 14.3 Å². The highest BCUT2D eigenvalue weighted by atomic mass is 35.5. The minimum absolute atomic E-state index is 0.122. The topological polar surface area (TPSA) is 47.6 Å². The highest BCUT2D eigenvalue weighted by Crippen LogP contribution is 2.28. The maximum absolute atomic E-state index is 10.9. The van der Waals surface area contributed by atoms with Gasteiger partial charge in [-0.15, -0.1) is 0 Å². The van der Waals surface area contributed by atoms with Crippen molar-refractivity contribution in [2.45, 2.75) is 6.04 Å². The van der Waals surface area contributed by atoms with E-state index in [0.717, 1.165) is 5.56 Å². The fourth-order valence-corrected chi connectivity index (χ4v) is 1.65. The summed E-state index contributed by atoms with van der Waals surface area (Å²) in [5.74, 6) is 0.593. The highest BCUT2D eigenvalue weighted by molar-refractivity contribution is 6.32. The molecule has 0 aliphatic carbocycles. The zero-order valence-corrected chi connectivity index (χ0v) is 8.88. The first-order valence-corrected chi connectivity index (χ1v) is 4.85.